The third kappa shape index (κ3) is 3.22. The third-order valence-corrected chi connectivity index (χ3v) is 7.65. The lowest BCUT2D eigenvalue weighted by atomic mass is 9.95. The highest BCUT2D eigenvalue weighted by atomic mass is 35.5. The highest BCUT2D eigenvalue weighted by molar-refractivity contribution is 6.30. The molecule has 4 fully saturated rings. The fourth-order valence-electron chi connectivity index (χ4n) is 5.77. The van der Waals surface area contributed by atoms with Crippen molar-refractivity contribution in [2.45, 2.75) is 62.4 Å². The Morgan fingerprint density at radius 1 is 1.25 bits per heavy atom. The molecular weight excluding hydrogens is 443 g/mol. The SMILES string of the molecule is [2H]C([2H])(Oc1nc(N2CCCC[C@H]3C(F)[C@H]32)c2cnc(Cl)c(F)c2n1)[C@@]12CCCN1C[C@H](F)C2. The zero-order valence-electron chi connectivity index (χ0n) is 19.4. The molecule has 2 aromatic rings. The van der Waals surface area contributed by atoms with Crippen LogP contribution in [0.4, 0.5) is 19.0 Å². The van der Waals surface area contributed by atoms with Crippen LogP contribution in [0.5, 0.6) is 6.01 Å². The van der Waals surface area contributed by atoms with Crippen LogP contribution >= 0.6 is 11.6 Å². The maximum Gasteiger partial charge on any atom is 0.319 e. The molecule has 32 heavy (non-hydrogen) atoms. The first-order chi connectivity index (χ1) is 16.2. The first-order valence-electron chi connectivity index (χ1n) is 12.2. The zero-order chi connectivity index (χ0) is 23.8. The van der Waals surface area contributed by atoms with Crippen LogP contribution < -0.4 is 9.64 Å². The van der Waals surface area contributed by atoms with E-state index in [1.54, 1.807) is 9.80 Å². The number of fused-ring (bicyclic) bond motifs is 3. The van der Waals surface area contributed by atoms with Gasteiger partial charge in [-0.2, -0.15) is 9.97 Å². The maximum absolute atomic E-state index is 15.0. The number of hydrogen-bond acceptors (Lipinski definition) is 6. The number of aromatic nitrogens is 3. The summed E-state index contributed by atoms with van der Waals surface area (Å²) in [5, 5.41) is -0.119. The molecule has 1 unspecified atom stereocenters. The molecule has 3 saturated heterocycles. The van der Waals surface area contributed by atoms with Gasteiger partial charge in [-0.3, -0.25) is 4.90 Å². The van der Waals surface area contributed by atoms with Crippen LogP contribution in [0.3, 0.4) is 0 Å². The number of nitrogens with zero attached hydrogens (tertiary/aromatic N) is 5. The van der Waals surface area contributed by atoms with E-state index in [-0.39, 0.29) is 52.8 Å². The fourth-order valence-corrected chi connectivity index (χ4v) is 5.91. The van der Waals surface area contributed by atoms with Crippen LogP contribution in [0.15, 0.2) is 6.20 Å². The zero-order valence-corrected chi connectivity index (χ0v) is 18.2. The molecule has 0 bridgehead atoms. The molecule has 3 aliphatic heterocycles. The lowest BCUT2D eigenvalue weighted by molar-refractivity contribution is 0.107. The van der Waals surface area contributed by atoms with Gasteiger partial charge in [0.05, 0.1) is 19.7 Å². The molecule has 4 aliphatic rings. The van der Waals surface area contributed by atoms with E-state index in [0.717, 1.165) is 25.7 Å². The largest absolute Gasteiger partial charge is 0.461 e. The maximum atomic E-state index is 15.0. The first-order valence-corrected chi connectivity index (χ1v) is 11.6. The van der Waals surface area contributed by atoms with Crippen molar-refractivity contribution in [3.63, 3.8) is 0 Å². The van der Waals surface area contributed by atoms with Crippen molar-refractivity contribution < 1.29 is 20.6 Å². The highest BCUT2D eigenvalue weighted by Gasteiger charge is 2.55. The van der Waals surface area contributed by atoms with Crippen molar-refractivity contribution in [1.29, 1.82) is 0 Å². The molecule has 1 saturated carbocycles. The van der Waals surface area contributed by atoms with E-state index >= 15 is 4.39 Å². The number of pyridine rings is 1. The van der Waals surface area contributed by atoms with Gasteiger partial charge in [0.15, 0.2) is 11.0 Å². The van der Waals surface area contributed by atoms with Crippen LogP contribution in [-0.4, -0.2) is 70.0 Å². The number of hydrogen-bond donors (Lipinski definition) is 0. The average molecular weight is 470 g/mol. The first kappa shape index (κ1) is 18.5. The van der Waals surface area contributed by atoms with Gasteiger partial charge < -0.3 is 9.64 Å². The Morgan fingerprint density at radius 2 is 2.12 bits per heavy atom. The summed E-state index contributed by atoms with van der Waals surface area (Å²) in [6.07, 6.45) is 2.84. The van der Waals surface area contributed by atoms with Crippen molar-refractivity contribution in [1.82, 2.24) is 19.9 Å². The van der Waals surface area contributed by atoms with Gasteiger partial charge in [-0.15, -0.1) is 0 Å². The Balaban J connectivity index is 1.44. The Kier molecular flexibility index (Phi) is 4.40. The van der Waals surface area contributed by atoms with Crippen LogP contribution in [0.2, 0.25) is 5.15 Å². The second-order valence-corrected chi connectivity index (χ2v) is 9.69. The lowest BCUT2D eigenvalue weighted by Crippen LogP contribution is -2.43. The molecule has 0 spiro atoms. The Hall–Kier alpha value is -1.87. The predicted octanol–water partition coefficient (Wildman–Crippen LogP) is 4.10. The van der Waals surface area contributed by atoms with Gasteiger partial charge in [0.2, 0.25) is 0 Å². The highest BCUT2D eigenvalue weighted by Crippen LogP contribution is 2.48. The summed E-state index contributed by atoms with van der Waals surface area (Å²) in [7, 11) is 0. The molecule has 2 aromatic heterocycles. The Bertz CT molecular complexity index is 1150. The van der Waals surface area contributed by atoms with Gasteiger partial charge in [0.25, 0.3) is 0 Å². The van der Waals surface area contributed by atoms with Gasteiger partial charge >= 0.3 is 6.01 Å². The molecule has 5 heterocycles. The van der Waals surface area contributed by atoms with Gasteiger partial charge in [0, 0.05) is 31.6 Å². The standard InChI is InChI=1S/C22H25ClF3N5O/c23-19-16(26)17-14(9-27-19)20(31-7-2-1-4-13-15(25)18(13)31)29-21(28-17)32-11-22-5-3-6-30(22)10-12(24)8-22/h9,12-13,15,18H,1-8,10-11H2/t12-,13+,15?,18+,22+/m1/s1/i11D2. The van der Waals surface area contributed by atoms with Gasteiger partial charge in [-0.25, -0.2) is 18.2 Å². The molecule has 5 atom stereocenters. The smallest absolute Gasteiger partial charge is 0.319 e. The Labute approximate surface area is 191 Å². The quantitative estimate of drug-likeness (QED) is 0.628. The van der Waals surface area contributed by atoms with Crippen molar-refractivity contribution >= 4 is 28.3 Å². The van der Waals surface area contributed by atoms with Crippen molar-refractivity contribution in [2.24, 2.45) is 5.92 Å². The molecular formula is C22H25ClF3N5O. The van der Waals surface area contributed by atoms with Gasteiger partial charge in [0.1, 0.15) is 30.2 Å². The van der Waals surface area contributed by atoms with Crippen LogP contribution in [0.25, 0.3) is 10.9 Å². The number of alkyl halides is 2. The number of rotatable bonds is 4. The molecule has 0 N–H and O–H groups in total. The summed E-state index contributed by atoms with van der Waals surface area (Å²) in [5.74, 6) is -0.733. The third-order valence-electron chi connectivity index (χ3n) is 7.39. The van der Waals surface area contributed by atoms with Crippen LogP contribution in [0, 0.1) is 11.7 Å². The topological polar surface area (TPSA) is 54.4 Å². The summed E-state index contributed by atoms with van der Waals surface area (Å²) < 4.78 is 67.1. The van der Waals surface area contributed by atoms with Gasteiger partial charge in [-0.05, 0) is 32.2 Å². The van der Waals surface area contributed by atoms with E-state index in [4.69, 9.17) is 19.1 Å². The minimum Gasteiger partial charge on any atom is -0.461 e. The Morgan fingerprint density at radius 3 is 3.00 bits per heavy atom. The van der Waals surface area contributed by atoms with E-state index < -0.39 is 30.3 Å². The molecule has 0 amide bonds. The van der Waals surface area contributed by atoms with E-state index in [1.165, 1.54) is 6.20 Å². The number of ether oxygens (including phenoxy) is 1. The van der Waals surface area contributed by atoms with E-state index in [2.05, 4.69) is 15.0 Å². The lowest BCUT2D eigenvalue weighted by Gasteiger charge is -2.31. The second kappa shape index (κ2) is 7.58. The molecule has 0 aromatic carbocycles. The predicted molar refractivity (Wildman–Crippen MR) is 114 cm³/mol. The summed E-state index contributed by atoms with van der Waals surface area (Å²) in [5.41, 5.74) is -1.31. The van der Waals surface area contributed by atoms with E-state index in [9.17, 15) is 8.78 Å². The number of halogens is 4. The monoisotopic (exact) mass is 469 g/mol. The van der Waals surface area contributed by atoms with Crippen molar-refractivity contribution in [3.05, 3.63) is 17.2 Å². The van der Waals surface area contributed by atoms with E-state index in [0.29, 0.717) is 19.5 Å². The summed E-state index contributed by atoms with van der Waals surface area (Å²) in [6, 6.07) is -0.760. The van der Waals surface area contributed by atoms with Crippen molar-refractivity contribution in [2.75, 3.05) is 31.1 Å². The molecule has 0 radical (unpaired) electrons. The molecule has 6 nitrogen and oxygen atoms in total. The van der Waals surface area contributed by atoms with Crippen molar-refractivity contribution in [3.8, 4) is 6.01 Å². The molecule has 1 aliphatic carbocycles. The average Bonchev–Trinajstić information content (AvgIpc) is 3.14. The normalized spacial score (nSPS) is 35.8. The van der Waals surface area contributed by atoms with Gasteiger partial charge in [-0.1, -0.05) is 18.0 Å². The summed E-state index contributed by atoms with van der Waals surface area (Å²) in [6.45, 7) is -1.08. The summed E-state index contributed by atoms with van der Waals surface area (Å²) in [4.78, 5) is 16.1. The second-order valence-electron chi connectivity index (χ2n) is 9.33. The van der Waals surface area contributed by atoms with Crippen LogP contribution in [0.1, 0.15) is 41.3 Å². The molecule has 6 rings (SSSR count). The fraction of sp³-hybridized carbons (Fsp3) is 0.682. The number of anilines is 1. The minimum atomic E-state index is -2.33. The van der Waals surface area contributed by atoms with E-state index in [1.807, 2.05) is 0 Å². The molecule has 10 heteroatoms. The molecule has 172 valence electrons. The minimum absolute atomic E-state index is 0.00393. The summed E-state index contributed by atoms with van der Waals surface area (Å²) >= 11 is 5.91. The van der Waals surface area contributed by atoms with Crippen LogP contribution in [-0.2, 0) is 0 Å².